The molecule has 0 unspecified atom stereocenters. The Hall–Kier alpha value is -1.36. The van der Waals surface area contributed by atoms with Crippen molar-refractivity contribution in [1.82, 2.24) is 9.97 Å². The summed E-state index contributed by atoms with van der Waals surface area (Å²) in [5.74, 6) is 1.86. The molecule has 0 aliphatic heterocycles. The molecule has 0 spiro atoms. The van der Waals surface area contributed by atoms with Crippen LogP contribution in [0.5, 0.6) is 0 Å². The molecule has 1 aliphatic carbocycles. The van der Waals surface area contributed by atoms with E-state index in [-0.39, 0.29) is 0 Å². The lowest BCUT2D eigenvalue weighted by molar-refractivity contribution is -0.126. The molecular formula is C13H15BrN2O2. The molecule has 0 radical (unpaired) electrons. The Kier molecular flexibility index (Phi) is 4.01. The van der Waals surface area contributed by atoms with E-state index in [1.54, 1.807) is 0 Å². The van der Waals surface area contributed by atoms with E-state index in [9.17, 15) is 0 Å². The largest absolute Gasteiger partial charge is 0.471 e. The predicted octanol–water partition coefficient (Wildman–Crippen LogP) is 3.30. The number of nitrogens with zero attached hydrogens (tertiary/aromatic N) is 1. The fourth-order valence-electron chi connectivity index (χ4n) is 1.82. The minimum atomic E-state index is 0.375. The smallest absolute Gasteiger partial charge is 0.292 e. The number of methoxy groups -OCH3 is 1. The first-order chi connectivity index (χ1) is 8.65. The number of aryl methyl sites for hydroxylation is 1. The third kappa shape index (κ3) is 2.90. The van der Waals surface area contributed by atoms with Crippen LogP contribution in [0.3, 0.4) is 0 Å². The molecule has 1 aromatic carbocycles. The SMILES string of the molecule is COC=O.Cc1cc(Br)cc2[nH]c(C3CC3)nc12. The monoisotopic (exact) mass is 310 g/mol. The van der Waals surface area contributed by atoms with Gasteiger partial charge in [0, 0.05) is 10.4 Å². The lowest BCUT2D eigenvalue weighted by atomic mass is 10.2. The van der Waals surface area contributed by atoms with Gasteiger partial charge in [-0.05, 0) is 37.5 Å². The molecule has 18 heavy (non-hydrogen) atoms. The van der Waals surface area contributed by atoms with Gasteiger partial charge in [0.1, 0.15) is 5.82 Å². The van der Waals surface area contributed by atoms with Gasteiger partial charge in [0.25, 0.3) is 6.47 Å². The number of rotatable bonds is 2. The number of nitrogens with one attached hydrogen (secondary N) is 1. The molecule has 96 valence electrons. The molecule has 1 saturated carbocycles. The summed E-state index contributed by atoms with van der Waals surface area (Å²) in [5, 5.41) is 0. The van der Waals surface area contributed by atoms with Crippen LogP contribution >= 0.6 is 15.9 Å². The second kappa shape index (κ2) is 5.52. The maximum Gasteiger partial charge on any atom is 0.292 e. The summed E-state index contributed by atoms with van der Waals surface area (Å²) in [6.45, 7) is 2.48. The maximum atomic E-state index is 8.95. The van der Waals surface area contributed by atoms with Crippen LogP contribution in [0.2, 0.25) is 0 Å². The standard InChI is InChI=1S/C11H11BrN2.C2H4O2/c1-6-4-8(12)5-9-10(6)14-11(13-9)7-2-3-7;1-4-2-3/h4-5,7H,2-3H2,1H3,(H,13,14);2H,1H3. The zero-order valence-electron chi connectivity index (χ0n) is 10.4. The third-order valence-corrected chi connectivity index (χ3v) is 3.28. The van der Waals surface area contributed by atoms with Crippen LogP contribution in [0, 0.1) is 6.92 Å². The number of ether oxygens (including phenoxy) is 1. The van der Waals surface area contributed by atoms with E-state index in [4.69, 9.17) is 4.79 Å². The second-order valence-corrected chi connectivity index (χ2v) is 5.26. The second-order valence-electron chi connectivity index (χ2n) is 4.35. The van der Waals surface area contributed by atoms with E-state index in [1.165, 1.54) is 31.3 Å². The van der Waals surface area contributed by atoms with Gasteiger partial charge in [-0.3, -0.25) is 4.79 Å². The molecule has 1 aromatic heterocycles. The summed E-state index contributed by atoms with van der Waals surface area (Å²) in [7, 11) is 1.31. The third-order valence-electron chi connectivity index (χ3n) is 2.82. The molecule has 0 amide bonds. The maximum absolute atomic E-state index is 8.95. The molecule has 1 aliphatic rings. The van der Waals surface area contributed by atoms with Gasteiger partial charge in [-0.1, -0.05) is 15.9 Å². The number of imidazole rings is 1. The van der Waals surface area contributed by atoms with Crippen molar-refractivity contribution in [2.45, 2.75) is 25.7 Å². The van der Waals surface area contributed by atoms with Crippen molar-refractivity contribution in [2.75, 3.05) is 7.11 Å². The number of aromatic nitrogens is 2. The van der Waals surface area contributed by atoms with Crippen molar-refractivity contribution in [3.63, 3.8) is 0 Å². The number of H-pyrrole nitrogens is 1. The number of hydrogen-bond acceptors (Lipinski definition) is 3. The number of aromatic amines is 1. The van der Waals surface area contributed by atoms with E-state index >= 15 is 0 Å². The van der Waals surface area contributed by atoms with E-state index in [2.05, 4.69) is 49.7 Å². The average Bonchev–Trinajstić information content (AvgIpc) is 3.10. The molecule has 5 heteroatoms. The van der Waals surface area contributed by atoms with Crippen LogP contribution in [-0.4, -0.2) is 23.5 Å². The van der Waals surface area contributed by atoms with Crippen molar-refractivity contribution >= 4 is 33.4 Å². The van der Waals surface area contributed by atoms with E-state index < -0.39 is 0 Å². The van der Waals surface area contributed by atoms with Crippen LogP contribution in [0.4, 0.5) is 0 Å². The number of carbonyl (C=O) groups excluding carboxylic acids is 1. The highest BCUT2D eigenvalue weighted by molar-refractivity contribution is 9.10. The first-order valence-electron chi connectivity index (χ1n) is 5.78. The Morgan fingerprint density at radius 3 is 2.72 bits per heavy atom. The summed E-state index contributed by atoms with van der Waals surface area (Å²) in [4.78, 5) is 17.0. The van der Waals surface area contributed by atoms with Gasteiger partial charge >= 0.3 is 0 Å². The Morgan fingerprint density at radius 1 is 1.50 bits per heavy atom. The van der Waals surface area contributed by atoms with Crippen LogP contribution in [0.15, 0.2) is 16.6 Å². The quantitative estimate of drug-likeness (QED) is 0.866. The molecule has 1 heterocycles. The molecule has 1 N–H and O–H groups in total. The number of fused-ring (bicyclic) bond motifs is 1. The van der Waals surface area contributed by atoms with Gasteiger partial charge in [0.15, 0.2) is 0 Å². The zero-order chi connectivity index (χ0) is 13.1. The lowest BCUT2D eigenvalue weighted by Crippen LogP contribution is -1.80. The predicted molar refractivity (Wildman–Crippen MR) is 73.6 cm³/mol. The van der Waals surface area contributed by atoms with Crippen LogP contribution in [0.1, 0.15) is 30.1 Å². The fourth-order valence-corrected chi connectivity index (χ4v) is 2.39. The summed E-state index contributed by atoms with van der Waals surface area (Å²) in [5.41, 5.74) is 3.51. The fraction of sp³-hybridized carbons (Fsp3) is 0.385. The van der Waals surface area contributed by atoms with Crippen molar-refractivity contribution < 1.29 is 9.53 Å². The van der Waals surface area contributed by atoms with Crippen molar-refractivity contribution in [3.8, 4) is 0 Å². The summed E-state index contributed by atoms with van der Waals surface area (Å²) in [6.07, 6.45) is 2.58. The number of hydrogen-bond donors (Lipinski definition) is 1. The molecule has 0 saturated heterocycles. The van der Waals surface area contributed by atoms with Gasteiger partial charge in [-0.15, -0.1) is 0 Å². The van der Waals surface area contributed by atoms with E-state index in [0.29, 0.717) is 12.4 Å². The van der Waals surface area contributed by atoms with Gasteiger partial charge < -0.3 is 9.72 Å². The Morgan fingerprint density at radius 2 is 2.17 bits per heavy atom. The lowest BCUT2D eigenvalue weighted by Gasteiger charge is -1.94. The van der Waals surface area contributed by atoms with Gasteiger partial charge in [-0.25, -0.2) is 4.98 Å². The van der Waals surface area contributed by atoms with Crippen LogP contribution in [-0.2, 0) is 9.53 Å². The zero-order valence-corrected chi connectivity index (χ0v) is 12.0. The summed E-state index contributed by atoms with van der Waals surface area (Å²) >= 11 is 3.50. The summed E-state index contributed by atoms with van der Waals surface area (Å²) in [6, 6.07) is 4.21. The van der Waals surface area contributed by atoms with Gasteiger partial charge in [0.05, 0.1) is 18.1 Å². The van der Waals surface area contributed by atoms with Gasteiger partial charge in [0.2, 0.25) is 0 Å². The highest BCUT2D eigenvalue weighted by atomic mass is 79.9. The van der Waals surface area contributed by atoms with Crippen molar-refractivity contribution in [1.29, 1.82) is 0 Å². The van der Waals surface area contributed by atoms with Crippen molar-refractivity contribution in [2.24, 2.45) is 0 Å². The molecule has 4 nitrogen and oxygen atoms in total. The Labute approximate surface area is 114 Å². The first kappa shape index (κ1) is 13.1. The van der Waals surface area contributed by atoms with Crippen LogP contribution < -0.4 is 0 Å². The molecule has 3 rings (SSSR count). The Bertz CT molecular complexity index is 561. The Balaban J connectivity index is 0.000000267. The van der Waals surface area contributed by atoms with E-state index in [1.807, 2.05) is 0 Å². The van der Waals surface area contributed by atoms with Crippen molar-refractivity contribution in [3.05, 3.63) is 28.0 Å². The van der Waals surface area contributed by atoms with E-state index in [0.717, 1.165) is 15.5 Å². The molecule has 0 bridgehead atoms. The van der Waals surface area contributed by atoms with Gasteiger partial charge in [-0.2, -0.15) is 0 Å². The highest BCUT2D eigenvalue weighted by Crippen LogP contribution is 2.39. The van der Waals surface area contributed by atoms with Crippen LogP contribution in [0.25, 0.3) is 11.0 Å². The minimum Gasteiger partial charge on any atom is -0.471 e. The number of halogens is 1. The number of carbonyl (C=O) groups is 1. The number of benzene rings is 1. The first-order valence-corrected chi connectivity index (χ1v) is 6.57. The molecule has 1 fully saturated rings. The topological polar surface area (TPSA) is 55.0 Å². The molecule has 2 aromatic rings. The summed E-state index contributed by atoms with van der Waals surface area (Å²) < 4.78 is 4.98. The highest BCUT2D eigenvalue weighted by Gasteiger charge is 2.26. The average molecular weight is 311 g/mol. The minimum absolute atomic E-state index is 0.375. The normalized spacial score (nSPS) is 13.9. The molecule has 0 atom stereocenters. The molecular weight excluding hydrogens is 296 g/mol.